The number of likely N-dealkylation sites (tertiary alicyclic amines) is 1. The van der Waals surface area contributed by atoms with Crippen LogP contribution in [0.5, 0.6) is 0 Å². The molecule has 1 atom stereocenters. The van der Waals surface area contributed by atoms with Crippen molar-refractivity contribution in [2.24, 2.45) is 0 Å². The van der Waals surface area contributed by atoms with E-state index in [1.54, 1.807) is 0 Å². The molecule has 0 amide bonds. The van der Waals surface area contributed by atoms with Crippen LogP contribution in [0.4, 0.5) is 0 Å². The molecule has 0 radical (unpaired) electrons. The third-order valence-electron chi connectivity index (χ3n) is 3.28. The number of piperidine rings is 1. The van der Waals surface area contributed by atoms with Crippen LogP contribution < -0.4 is 0 Å². The van der Waals surface area contributed by atoms with E-state index in [4.69, 9.17) is 0 Å². The van der Waals surface area contributed by atoms with E-state index in [0.29, 0.717) is 0 Å². The molecule has 1 unspecified atom stereocenters. The smallest absolute Gasteiger partial charge is 0.125 e. The Bertz CT molecular complexity index is 350. The Labute approximate surface area is 91.5 Å². The fourth-order valence-electron chi connectivity index (χ4n) is 2.49. The Morgan fingerprint density at radius 2 is 2.27 bits per heavy atom. The number of hydrogen-bond donors (Lipinski definition) is 0. The van der Waals surface area contributed by atoms with Crippen LogP contribution in [0, 0.1) is 6.92 Å². The summed E-state index contributed by atoms with van der Waals surface area (Å²) in [6, 6.07) is 2.06. The molecule has 1 aromatic heterocycles. The summed E-state index contributed by atoms with van der Waals surface area (Å²) in [5.74, 6) is 0.877. The standard InChI is InChI=1S/C12H19N3/c1-10-13-7-5-11(14-10)12(2)6-4-8-15(3)9-12/h5,7H,4,6,8-9H2,1-3H3. The fourth-order valence-corrected chi connectivity index (χ4v) is 2.49. The van der Waals surface area contributed by atoms with Gasteiger partial charge in [-0.15, -0.1) is 0 Å². The predicted octanol–water partition coefficient (Wildman–Crippen LogP) is 1.77. The predicted molar refractivity (Wildman–Crippen MR) is 60.9 cm³/mol. The molecule has 0 spiro atoms. The van der Waals surface area contributed by atoms with E-state index in [1.807, 2.05) is 13.1 Å². The van der Waals surface area contributed by atoms with Gasteiger partial charge < -0.3 is 4.90 Å². The molecule has 0 aliphatic carbocycles. The van der Waals surface area contributed by atoms with Crippen molar-refractivity contribution < 1.29 is 0 Å². The van der Waals surface area contributed by atoms with Crippen LogP contribution in [0.2, 0.25) is 0 Å². The molecule has 2 heterocycles. The largest absolute Gasteiger partial charge is 0.305 e. The average Bonchev–Trinajstić information content (AvgIpc) is 2.17. The van der Waals surface area contributed by atoms with Gasteiger partial charge in [0.25, 0.3) is 0 Å². The van der Waals surface area contributed by atoms with Crippen LogP contribution in [-0.4, -0.2) is 35.0 Å². The molecule has 1 saturated heterocycles. The van der Waals surface area contributed by atoms with Crippen molar-refractivity contribution in [3.63, 3.8) is 0 Å². The van der Waals surface area contributed by atoms with Crippen molar-refractivity contribution in [3.05, 3.63) is 23.8 Å². The second-order valence-electron chi connectivity index (χ2n) is 4.89. The molecular weight excluding hydrogens is 186 g/mol. The van der Waals surface area contributed by atoms with Crippen molar-refractivity contribution in [1.82, 2.24) is 14.9 Å². The van der Waals surface area contributed by atoms with Crippen molar-refractivity contribution >= 4 is 0 Å². The third kappa shape index (κ3) is 2.17. The second-order valence-corrected chi connectivity index (χ2v) is 4.89. The summed E-state index contributed by atoms with van der Waals surface area (Å²) in [6.45, 7) is 6.58. The Balaban J connectivity index is 2.28. The number of aryl methyl sites for hydroxylation is 1. The highest BCUT2D eigenvalue weighted by atomic mass is 15.1. The molecule has 0 saturated carbocycles. The van der Waals surface area contributed by atoms with Gasteiger partial charge in [-0.25, -0.2) is 9.97 Å². The summed E-state index contributed by atoms with van der Waals surface area (Å²) in [6.07, 6.45) is 4.36. The lowest BCUT2D eigenvalue weighted by Crippen LogP contribution is -2.42. The van der Waals surface area contributed by atoms with Crippen molar-refractivity contribution in [3.8, 4) is 0 Å². The summed E-state index contributed by atoms with van der Waals surface area (Å²) in [5.41, 5.74) is 1.40. The van der Waals surface area contributed by atoms with Gasteiger partial charge in [0.05, 0.1) is 5.69 Å². The van der Waals surface area contributed by atoms with Crippen LogP contribution >= 0.6 is 0 Å². The summed E-state index contributed by atoms with van der Waals surface area (Å²) in [7, 11) is 2.19. The molecule has 1 aliphatic rings. The van der Waals surface area contributed by atoms with Gasteiger partial charge in [0, 0.05) is 18.2 Å². The first-order valence-electron chi connectivity index (χ1n) is 5.59. The molecular formula is C12H19N3. The molecule has 1 aliphatic heterocycles. The van der Waals surface area contributed by atoms with Crippen LogP contribution in [0.15, 0.2) is 12.3 Å². The summed E-state index contributed by atoms with van der Waals surface area (Å²) < 4.78 is 0. The second kappa shape index (κ2) is 3.89. The maximum absolute atomic E-state index is 4.57. The number of rotatable bonds is 1. The first kappa shape index (κ1) is 10.6. The van der Waals surface area contributed by atoms with E-state index < -0.39 is 0 Å². The lowest BCUT2D eigenvalue weighted by molar-refractivity contribution is 0.185. The average molecular weight is 205 g/mol. The molecule has 15 heavy (non-hydrogen) atoms. The minimum Gasteiger partial charge on any atom is -0.305 e. The normalized spacial score (nSPS) is 27.9. The van der Waals surface area contributed by atoms with Gasteiger partial charge in [-0.1, -0.05) is 6.92 Å². The summed E-state index contributed by atoms with van der Waals surface area (Å²) in [4.78, 5) is 11.1. The van der Waals surface area contributed by atoms with Crippen LogP contribution in [0.25, 0.3) is 0 Å². The zero-order valence-electron chi connectivity index (χ0n) is 9.82. The molecule has 3 nitrogen and oxygen atoms in total. The van der Waals surface area contributed by atoms with E-state index >= 15 is 0 Å². The molecule has 1 fully saturated rings. The SMILES string of the molecule is Cc1nccc(C2(C)CCCN(C)C2)n1. The zero-order chi connectivity index (χ0) is 10.9. The molecule has 3 heteroatoms. The minimum atomic E-state index is 0.209. The van der Waals surface area contributed by atoms with Crippen molar-refractivity contribution in [2.45, 2.75) is 32.1 Å². The number of hydrogen-bond acceptors (Lipinski definition) is 3. The minimum absolute atomic E-state index is 0.209. The highest BCUT2D eigenvalue weighted by molar-refractivity contribution is 5.16. The Morgan fingerprint density at radius 3 is 2.93 bits per heavy atom. The van der Waals surface area contributed by atoms with Crippen LogP contribution in [0.1, 0.15) is 31.3 Å². The van der Waals surface area contributed by atoms with Crippen LogP contribution in [-0.2, 0) is 5.41 Å². The maximum atomic E-state index is 4.57. The molecule has 0 aromatic carbocycles. The Morgan fingerprint density at radius 1 is 1.47 bits per heavy atom. The number of likely N-dealkylation sites (N-methyl/N-ethyl adjacent to an activating group) is 1. The third-order valence-corrected chi connectivity index (χ3v) is 3.28. The zero-order valence-corrected chi connectivity index (χ0v) is 9.82. The lowest BCUT2D eigenvalue weighted by atomic mass is 9.79. The van der Waals surface area contributed by atoms with Gasteiger partial charge in [0.15, 0.2) is 0 Å². The first-order valence-corrected chi connectivity index (χ1v) is 5.59. The van der Waals surface area contributed by atoms with E-state index in [0.717, 1.165) is 12.4 Å². The monoisotopic (exact) mass is 205 g/mol. The summed E-state index contributed by atoms with van der Waals surface area (Å²) >= 11 is 0. The van der Waals surface area contributed by atoms with Gasteiger partial charge in [0.2, 0.25) is 0 Å². The van der Waals surface area contributed by atoms with Gasteiger partial charge in [-0.05, 0) is 39.4 Å². The summed E-state index contributed by atoms with van der Waals surface area (Å²) in [5, 5.41) is 0. The maximum Gasteiger partial charge on any atom is 0.125 e. The highest BCUT2D eigenvalue weighted by Gasteiger charge is 2.32. The molecule has 0 bridgehead atoms. The van der Waals surface area contributed by atoms with E-state index in [9.17, 15) is 0 Å². The van der Waals surface area contributed by atoms with Gasteiger partial charge >= 0.3 is 0 Å². The van der Waals surface area contributed by atoms with Crippen molar-refractivity contribution in [1.29, 1.82) is 0 Å². The molecule has 2 rings (SSSR count). The van der Waals surface area contributed by atoms with E-state index in [1.165, 1.54) is 25.1 Å². The molecule has 0 N–H and O–H groups in total. The van der Waals surface area contributed by atoms with Crippen LogP contribution in [0.3, 0.4) is 0 Å². The quantitative estimate of drug-likeness (QED) is 0.699. The van der Waals surface area contributed by atoms with Crippen molar-refractivity contribution in [2.75, 3.05) is 20.1 Å². The first-order chi connectivity index (χ1) is 7.10. The topological polar surface area (TPSA) is 29.0 Å². The fraction of sp³-hybridized carbons (Fsp3) is 0.667. The van der Waals surface area contributed by atoms with E-state index in [-0.39, 0.29) is 5.41 Å². The number of nitrogens with zero attached hydrogens (tertiary/aromatic N) is 3. The van der Waals surface area contributed by atoms with Gasteiger partial charge in [-0.3, -0.25) is 0 Å². The Hall–Kier alpha value is -0.960. The number of aromatic nitrogens is 2. The Kier molecular flexibility index (Phi) is 2.74. The van der Waals surface area contributed by atoms with E-state index in [2.05, 4.69) is 34.9 Å². The lowest BCUT2D eigenvalue weighted by Gasteiger charge is -2.38. The molecule has 1 aromatic rings. The van der Waals surface area contributed by atoms with Gasteiger partial charge in [0.1, 0.15) is 5.82 Å². The molecule has 82 valence electrons. The van der Waals surface area contributed by atoms with Gasteiger partial charge in [-0.2, -0.15) is 0 Å². The highest BCUT2D eigenvalue weighted by Crippen LogP contribution is 2.31.